The molecule has 1 saturated heterocycles. The van der Waals surface area contributed by atoms with Gasteiger partial charge < -0.3 is 9.47 Å². The molecule has 0 saturated carbocycles. The average molecular weight is 178 g/mol. The van der Waals surface area contributed by atoms with E-state index in [4.69, 9.17) is 9.47 Å². The largest absolute Gasteiger partial charge is 0.353 e. The molecule has 0 bridgehead atoms. The predicted molar refractivity (Wildman–Crippen MR) is 50.3 cm³/mol. The first-order valence-electron chi connectivity index (χ1n) is 4.68. The van der Waals surface area contributed by atoms with E-state index in [1.165, 1.54) is 5.56 Å². The van der Waals surface area contributed by atoms with E-state index in [1.54, 1.807) is 0 Å². The van der Waals surface area contributed by atoms with Crippen LogP contribution < -0.4 is 0 Å². The molecule has 0 N–H and O–H groups in total. The van der Waals surface area contributed by atoms with Crippen LogP contribution in [0.5, 0.6) is 0 Å². The van der Waals surface area contributed by atoms with Crippen molar-refractivity contribution in [2.75, 3.05) is 6.61 Å². The van der Waals surface area contributed by atoms with E-state index in [1.807, 2.05) is 25.1 Å². The van der Waals surface area contributed by atoms with Gasteiger partial charge in [0.15, 0.2) is 6.29 Å². The van der Waals surface area contributed by atoms with Crippen LogP contribution in [0.4, 0.5) is 0 Å². The zero-order valence-electron chi connectivity index (χ0n) is 7.77. The smallest absolute Gasteiger partial charge is 0.155 e. The summed E-state index contributed by atoms with van der Waals surface area (Å²) in [6.45, 7) is 2.73. The minimum absolute atomic E-state index is 0.0704. The second-order valence-electron chi connectivity index (χ2n) is 3.26. The molecule has 70 valence electrons. The van der Waals surface area contributed by atoms with Crippen molar-refractivity contribution >= 4 is 0 Å². The summed E-state index contributed by atoms with van der Waals surface area (Å²) in [4.78, 5) is 0. The van der Waals surface area contributed by atoms with Crippen molar-refractivity contribution in [3.05, 3.63) is 35.9 Å². The van der Waals surface area contributed by atoms with Crippen molar-refractivity contribution < 1.29 is 9.47 Å². The van der Waals surface area contributed by atoms with E-state index in [9.17, 15) is 0 Å². The lowest BCUT2D eigenvalue weighted by Crippen LogP contribution is -2.24. The third-order valence-electron chi connectivity index (χ3n) is 2.26. The van der Waals surface area contributed by atoms with Crippen LogP contribution >= 0.6 is 0 Å². The van der Waals surface area contributed by atoms with Gasteiger partial charge in [0.2, 0.25) is 0 Å². The molecule has 0 amide bonds. The van der Waals surface area contributed by atoms with Crippen LogP contribution in [0.3, 0.4) is 0 Å². The Morgan fingerprint density at radius 3 is 2.69 bits per heavy atom. The highest BCUT2D eigenvalue weighted by Gasteiger charge is 2.20. The summed E-state index contributed by atoms with van der Waals surface area (Å²) in [5.41, 5.74) is 1.25. The Morgan fingerprint density at radius 2 is 2.00 bits per heavy atom. The molecule has 2 nitrogen and oxygen atoms in total. The van der Waals surface area contributed by atoms with Gasteiger partial charge in [0.1, 0.15) is 0 Å². The van der Waals surface area contributed by atoms with Crippen molar-refractivity contribution in [3.63, 3.8) is 0 Å². The zero-order valence-corrected chi connectivity index (χ0v) is 7.77. The van der Waals surface area contributed by atoms with Crippen LogP contribution in [0.25, 0.3) is 0 Å². The first-order chi connectivity index (χ1) is 6.36. The highest BCUT2D eigenvalue weighted by atomic mass is 16.7. The summed E-state index contributed by atoms with van der Waals surface area (Å²) in [7, 11) is 0. The van der Waals surface area contributed by atoms with E-state index in [0.717, 1.165) is 13.0 Å². The second kappa shape index (κ2) is 3.90. The molecular formula is C11H14O2. The highest BCUT2D eigenvalue weighted by Crippen LogP contribution is 2.26. The van der Waals surface area contributed by atoms with Gasteiger partial charge in [-0.2, -0.15) is 0 Å². The summed E-state index contributed by atoms with van der Waals surface area (Å²) in [5, 5.41) is 0. The Labute approximate surface area is 78.5 Å². The van der Waals surface area contributed by atoms with Crippen molar-refractivity contribution in [1.82, 2.24) is 0 Å². The number of ether oxygens (including phenoxy) is 2. The fourth-order valence-electron chi connectivity index (χ4n) is 1.59. The van der Waals surface area contributed by atoms with Gasteiger partial charge in [0, 0.05) is 6.42 Å². The van der Waals surface area contributed by atoms with Gasteiger partial charge in [-0.3, -0.25) is 0 Å². The van der Waals surface area contributed by atoms with E-state index < -0.39 is 0 Å². The molecule has 1 aliphatic heterocycles. The molecule has 0 aromatic heterocycles. The first-order valence-corrected chi connectivity index (χ1v) is 4.68. The summed E-state index contributed by atoms with van der Waals surface area (Å²) in [6, 6.07) is 10.3. The molecule has 2 atom stereocenters. The zero-order chi connectivity index (χ0) is 9.10. The van der Waals surface area contributed by atoms with Crippen molar-refractivity contribution in [1.29, 1.82) is 0 Å². The summed E-state index contributed by atoms with van der Waals surface area (Å²) in [6.07, 6.45) is 1.10. The Balaban J connectivity index is 2.08. The van der Waals surface area contributed by atoms with E-state index >= 15 is 0 Å². The summed E-state index contributed by atoms with van der Waals surface area (Å²) >= 11 is 0. The summed E-state index contributed by atoms with van der Waals surface area (Å²) in [5.74, 6) is 0. The van der Waals surface area contributed by atoms with Crippen molar-refractivity contribution in [2.45, 2.75) is 25.7 Å². The van der Waals surface area contributed by atoms with E-state index in [2.05, 4.69) is 12.1 Å². The Hall–Kier alpha value is -0.860. The first kappa shape index (κ1) is 8.73. The molecule has 2 heteroatoms. The van der Waals surface area contributed by atoms with Crippen LogP contribution in [0.1, 0.15) is 25.0 Å². The SMILES string of the molecule is C[C@H]1OCC[C@H](c2ccccc2)O1. The molecule has 13 heavy (non-hydrogen) atoms. The predicted octanol–water partition coefficient (Wildman–Crippen LogP) is 2.51. The topological polar surface area (TPSA) is 18.5 Å². The third-order valence-corrected chi connectivity index (χ3v) is 2.26. The molecule has 2 rings (SSSR count). The van der Waals surface area contributed by atoms with Crippen LogP contribution in [0, 0.1) is 0 Å². The Kier molecular flexibility index (Phi) is 2.62. The number of rotatable bonds is 1. The second-order valence-corrected chi connectivity index (χ2v) is 3.26. The van der Waals surface area contributed by atoms with Crippen LogP contribution in [-0.4, -0.2) is 12.9 Å². The lowest BCUT2D eigenvalue weighted by Gasteiger charge is -2.28. The third kappa shape index (κ3) is 2.08. The fourth-order valence-corrected chi connectivity index (χ4v) is 1.59. The van der Waals surface area contributed by atoms with E-state index in [-0.39, 0.29) is 12.4 Å². The fraction of sp³-hybridized carbons (Fsp3) is 0.455. The van der Waals surface area contributed by atoms with E-state index in [0.29, 0.717) is 0 Å². The molecule has 1 aliphatic rings. The van der Waals surface area contributed by atoms with Gasteiger partial charge in [0.05, 0.1) is 12.7 Å². The minimum Gasteiger partial charge on any atom is -0.353 e. The molecule has 1 aromatic carbocycles. The van der Waals surface area contributed by atoms with Crippen molar-refractivity contribution in [2.24, 2.45) is 0 Å². The lowest BCUT2D eigenvalue weighted by atomic mass is 10.1. The van der Waals surface area contributed by atoms with Gasteiger partial charge >= 0.3 is 0 Å². The van der Waals surface area contributed by atoms with Gasteiger partial charge in [-0.25, -0.2) is 0 Å². The van der Waals surface area contributed by atoms with Gasteiger partial charge in [0.25, 0.3) is 0 Å². The standard InChI is InChI=1S/C11H14O2/c1-9-12-8-7-11(13-9)10-5-3-2-4-6-10/h2-6,9,11H,7-8H2,1H3/t9-,11+/m0/s1. The molecular weight excluding hydrogens is 164 g/mol. The van der Waals surface area contributed by atoms with Crippen LogP contribution in [0.2, 0.25) is 0 Å². The van der Waals surface area contributed by atoms with Crippen LogP contribution in [0.15, 0.2) is 30.3 Å². The minimum atomic E-state index is -0.0704. The number of hydrogen-bond acceptors (Lipinski definition) is 2. The molecule has 0 aliphatic carbocycles. The number of benzene rings is 1. The van der Waals surface area contributed by atoms with Gasteiger partial charge in [-0.05, 0) is 12.5 Å². The lowest BCUT2D eigenvalue weighted by molar-refractivity contribution is -0.204. The maximum Gasteiger partial charge on any atom is 0.155 e. The average Bonchev–Trinajstić information content (AvgIpc) is 2.19. The molecule has 0 spiro atoms. The van der Waals surface area contributed by atoms with Gasteiger partial charge in [-0.15, -0.1) is 0 Å². The van der Waals surface area contributed by atoms with Crippen molar-refractivity contribution in [3.8, 4) is 0 Å². The normalized spacial score (nSPS) is 28.7. The summed E-state index contributed by atoms with van der Waals surface area (Å²) < 4.78 is 11.0. The van der Waals surface area contributed by atoms with Gasteiger partial charge in [-0.1, -0.05) is 30.3 Å². The molecule has 1 fully saturated rings. The maximum absolute atomic E-state index is 5.65. The molecule has 0 radical (unpaired) electrons. The molecule has 1 heterocycles. The Bertz CT molecular complexity index is 258. The quantitative estimate of drug-likeness (QED) is 0.657. The number of hydrogen-bond donors (Lipinski definition) is 0. The highest BCUT2D eigenvalue weighted by molar-refractivity contribution is 5.17. The molecule has 0 unspecified atom stereocenters. The Morgan fingerprint density at radius 1 is 1.23 bits per heavy atom. The maximum atomic E-state index is 5.65. The monoisotopic (exact) mass is 178 g/mol. The molecule has 1 aromatic rings. The van der Waals surface area contributed by atoms with Crippen LogP contribution in [-0.2, 0) is 9.47 Å².